The van der Waals surface area contributed by atoms with E-state index in [9.17, 15) is 9.59 Å². The van der Waals surface area contributed by atoms with Gasteiger partial charge >= 0.3 is 0 Å². The number of carbonyl (C=O) groups is 2. The molecule has 1 aliphatic heterocycles. The fourth-order valence-electron chi connectivity index (χ4n) is 4.39. The summed E-state index contributed by atoms with van der Waals surface area (Å²) >= 11 is 2.22. The van der Waals surface area contributed by atoms with E-state index >= 15 is 0 Å². The third kappa shape index (κ3) is 4.55. The van der Waals surface area contributed by atoms with Crippen LogP contribution in [0.1, 0.15) is 17.3 Å². The molecule has 4 aromatic rings. The second-order valence-corrected chi connectivity index (χ2v) is 9.86. The van der Waals surface area contributed by atoms with Crippen LogP contribution < -0.4 is 15.5 Å². The van der Waals surface area contributed by atoms with Crippen LogP contribution in [0.2, 0.25) is 0 Å². The number of anilines is 2. The second-order valence-electron chi connectivity index (χ2n) is 8.14. The highest BCUT2D eigenvalue weighted by molar-refractivity contribution is 14.2. The summed E-state index contributed by atoms with van der Waals surface area (Å²) < 4.78 is 7.54. The van der Waals surface area contributed by atoms with Crippen LogP contribution >= 0.6 is 30.3 Å². The van der Waals surface area contributed by atoms with E-state index in [4.69, 9.17) is 4.74 Å². The summed E-state index contributed by atoms with van der Waals surface area (Å²) in [5.74, 6) is -0.329. The average molecular weight is 602 g/mol. The molecule has 2 amide bonds. The van der Waals surface area contributed by atoms with Crippen LogP contribution in [0, 0.1) is 0 Å². The Kier molecular flexibility index (Phi) is 6.80. The standard InChI is InChI=1S/C24H23IN6O3S/c1-14(32)29-21-12-27-20-4-3-15(9-18(20)22(21)30-5-7-34-8-6-30)19-13-31(35-25)23-17(19)10-16(11-28-23)24(33)26-2/h3-4,9-13H,5-8H2,1-2H3,(H,26,33)(H,29,32). The van der Waals surface area contributed by atoms with Gasteiger partial charge in [0.15, 0.2) is 5.65 Å². The first kappa shape index (κ1) is 23.8. The van der Waals surface area contributed by atoms with Gasteiger partial charge in [0.2, 0.25) is 5.91 Å². The minimum Gasteiger partial charge on any atom is -0.378 e. The van der Waals surface area contributed by atoms with Crippen LogP contribution in [0.25, 0.3) is 33.1 Å². The summed E-state index contributed by atoms with van der Waals surface area (Å²) in [7, 11) is 3.12. The average Bonchev–Trinajstić information content (AvgIpc) is 3.26. The third-order valence-corrected chi connectivity index (χ3v) is 7.66. The molecule has 1 fully saturated rings. The van der Waals surface area contributed by atoms with Gasteiger partial charge in [0.1, 0.15) is 0 Å². The zero-order valence-electron chi connectivity index (χ0n) is 19.2. The quantitative estimate of drug-likeness (QED) is 0.330. The van der Waals surface area contributed by atoms with Crippen molar-refractivity contribution >= 4 is 75.5 Å². The number of halogens is 1. The van der Waals surface area contributed by atoms with Gasteiger partial charge in [-0.15, -0.1) is 0 Å². The maximum atomic E-state index is 12.3. The summed E-state index contributed by atoms with van der Waals surface area (Å²) in [5.41, 5.74) is 5.67. The lowest BCUT2D eigenvalue weighted by atomic mass is 10.0. The van der Waals surface area contributed by atoms with Crippen molar-refractivity contribution in [1.82, 2.24) is 19.3 Å². The molecule has 1 aliphatic rings. The zero-order valence-corrected chi connectivity index (χ0v) is 22.1. The molecule has 0 aliphatic carbocycles. The molecule has 1 aromatic carbocycles. The van der Waals surface area contributed by atoms with Gasteiger partial charge in [0.05, 0.1) is 41.9 Å². The topological polar surface area (TPSA) is 101 Å². The lowest BCUT2D eigenvalue weighted by molar-refractivity contribution is -0.114. The number of rotatable bonds is 5. The van der Waals surface area contributed by atoms with E-state index in [2.05, 4.69) is 52.8 Å². The number of nitrogens with one attached hydrogen (secondary N) is 2. The molecule has 2 N–H and O–H groups in total. The van der Waals surface area contributed by atoms with Crippen molar-refractivity contribution in [3.63, 3.8) is 0 Å². The number of benzene rings is 1. The van der Waals surface area contributed by atoms with Gasteiger partial charge in [-0.25, -0.2) is 4.98 Å². The Morgan fingerprint density at radius 3 is 2.63 bits per heavy atom. The highest BCUT2D eigenvalue weighted by Crippen LogP contribution is 2.39. The molecule has 0 unspecified atom stereocenters. The number of pyridine rings is 2. The second kappa shape index (κ2) is 9.99. The molecule has 0 bridgehead atoms. The number of nitrogens with zero attached hydrogens (tertiary/aromatic N) is 4. The largest absolute Gasteiger partial charge is 0.378 e. The van der Waals surface area contributed by atoms with Crippen molar-refractivity contribution in [2.24, 2.45) is 0 Å². The summed E-state index contributed by atoms with van der Waals surface area (Å²) in [6.45, 7) is 4.19. The molecular formula is C24H23IN6O3S. The molecule has 35 heavy (non-hydrogen) atoms. The first-order valence-electron chi connectivity index (χ1n) is 11.1. The van der Waals surface area contributed by atoms with Crippen molar-refractivity contribution in [3.05, 3.63) is 48.4 Å². The molecule has 5 rings (SSSR count). The predicted octanol–water partition coefficient (Wildman–Crippen LogP) is 4.25. The van der Waals surface area contributed by atoms with Crippen LogP contribution in [-0.2, 0) is 9.53 Å². The van der Waals surface area contributed by atoms with E-state index in [1.165, 1.54) is 16.0 Å². The minimum absolute atomic E-state index is 0.147. The number of carbonyl (C=O) groups excluding carboxylic acids is 2. The van der Waals surface area contributed by atoms with E-state index in [-0.39, 0.29) is 11.8 Å². The Labute approximate surface area is 218 Å². The number of aromatic nitrogens is 3. The summed E-state index contributed by atoms with van der Waals surface area (Å²) in [5, 5.41) is 7.43. The summed E-state index contributed by atoms with van der Waals surface area (Å²) in [6.07, 6.45) is 5.34. The maximum Gasteiger partial charge on any atom is 0.252 e. The van der Waals surface area contributed by atoms with E-state index in [0.717, 1.165) is 51.8 Å². The molecule has 180 valence electrons. The smallest absolute Gasteiger partial charge is 0.252 e. The number of fused-ring (bicyclic) bond motifs is 2. The Bertz CT molecular complexity index is 1450. The molecule has 0 spiro atoms. The lowest BCUT2D eigenvalue weighted by Gasteiger charge is -2.31. The Morgan fingerprint density at radius 2 is 1.91 bits per heavy atom. The SMILES string of the molecule is CNC(=O)c1cnc2c(c1)c(-c1ccc3ncc(NC(C)=O)c(N4CCOCC4)c3c1)cn2SI. The van der Waals surface area contributed by atoms with Gasteiger partial charge in [0, 0.05) is 86.1 Å². The van der Waals surface area contributed by atoms with E-state index in [1.54, 1.807) is 19.4 Å². The van der Waals surface area contributed by atoms with E-state index in [1.807, 2.05) is 28.4 Å². The van der Waals surface area contributed by atoms with Gasteiger partial charge < -0.3 is 20.3 Å². The number of hydrogen-bond donors (Lipinski definition) is 2. The lowest BCUT2D eigenvalue weighted by Crippen LogP contribution is -2.37. The molecule has 0 saturated carbocycles. The van der Waals surface area contributed by atoms with Crippen molar-refractivity contribution in [2.75, 3.05) is 43.6 Å². The first-order valence-corrected chi connectivity index (χ1v) is 14.4. The fraction of sp³-hybridized carbons (Fsp3) is 0.250. The molecule has 4 heterocycles. The normalized spacial score (nSPS) is 13.9. The predicted molar refractivity (Wildman–Crippen MR) is 148 cm³/mol. The van der Waals surface area contributed by atoms with Gasteiger partial charge in [-0.2, -0.15) is 0 Å². The van der Waals surface area contributed by atoms with Gasteiger partial charge in [-0.1, -0.05) is 6.07 Å². The third-order valence-electron chi connectivity index (χ3n) is 5.96. The molecular weight excluding hydrogens is 579 g/mol. The van der Waals surface area contributed by atoms with Gasteiger partial charge in [-0.05, 0) is 23.8 Å². The molecule has 3 aromatic heterocycles. The number of hydrogen-bond acceptors (Lipinski definition) is 7. The monoisotopic (exact) mass is 602 g/mol. The minimum atomic E-state index is -0.183. The number of ether oxygens (including phenoxy) is 1. The van der Waals surface area contributed by atoms with E-state index < -0.39 is 0 Å². The maximum absolute atomic E-state index is 12.3. The number of amides is 2. The van der Waals surface area contributed by atoms with Crippen molar-refractivity contribution in [2.45, 2.75) is 6.92 Å². The highest BCUT2D eigenvalue weighted by atomic mass is 127. The summed E-state index contributed by atoms with van der Waals surface area (Å²) in [6, 6.07) is 7.99. The first-order chi connectivity index (χ1) is 17.0. The number of morpholine rings is 1. The zero-order chi connectivity index (χ0) is 24.5. The molecule has 11 heteroatoms. The van der Waals surface area contributed by atoms with Crippen molar-refractivity contribution in [1.29, 1.82) is 0 Å². The molecule has 0 radical (unpaired) electrons. The van der Waals surface area contributed by atoms with Crippen LogP contribution in [0.15, 0.2) is 42.9 Å². The van der Waals surface area contributed by atoms with Crippen LogP contribution in [0.5, 0.6) is 0 Å². The van der Waals surface area contributed by atoms with Crippen molar-refractivity contribution in [3.8, 4) is 11.1 Å². The molecule has 0 atom stereocenters. The van der Waals surface area contributed by atoms with Gasteiger partial charge in [0.25, 0.3) is 5.91 Å². The fourth-order valence-corrected chi connectivity index (χ4v) is 5.64. The van der Waals surface area contributed by atoms with Crippen molar-refractivity contribution < 1.29 is 14.3 Å². The Balaban J connectivity index is 1.73. The van der Waals surface area contributed by atoms with Crippen LogP contribution in [0.4, 0.5) is 11.4 Å². The van der Waals surface area contributed by atoms with E-state index in [0.29, 0.717) is 24.5 Å². The molecule has 9 nitrogen and oxygen atoms in total. The van der Waals surface area contributed by atoms with Crippen LogP contribution in [-0.4, -0.2) is 59.1 Å². The Morgan fingerprint density at radius 1 is 1.11 bits per heavy atom. The summed E-state index contributed by atoms with van der Waals surface area (Å²) in [4.78, 5) is 35.6. The highest BCUT2D eigenvalue weighted by Gasteiger charge is 2.21. The Hall–Kier alpha value is -2.90. The molecule has 1 saturated heterocycles. The van der Waals surface area contributed by atoms with Gasteiger partial charge in [-0.3, -0.25) is 18.5 Å². The van der Waals surface area contributed by atoms with Crippen LogP contribution in [0.3, 0.4) is 0 Å².